The Labute approximate surface area is 111 Å². The van der Waals surface area contributed by atoms with E-state index in [1.807, 2.05) is 20.8 Å². The Balaban J connectivity index is 2.14. The highest BCUT2D eigenvalue weighted by molar-refractivity contribution is 5.75. The molecule has 1 N–H and O–H groups in total. The van der Waals surface area contributed by atoms with Crippen LogP contribution in [0.15, 0.2) is 6.33 Å². The van der Waals surface area contributed by atoms with Gasteiger partial charge in [0.05, 0.1) is 6.61 Å². The Bertz CT molecular complexity index is 593. The van der Waals surface area contributed by atoms with E-state index in [1.54, 1.807) is 4.52 Å². The van der Waals surface area contributed by atoms with Crippen LogP contribution in [0, 0.1) is 13.8 Å². The smallest absolute Gasteiger partial charge is 0.252 e. The monoisotopic (exact) mass is 263 g/mol. The Kier molecular flexibility index (Phi) is 4.06. The van der Waals surface area contributed by atoms with E-state index in [9.17, 15) is 4.79 Å². The van der Waals surface area contributed by atoms with E-state index in [-0.39, 0.29) is 5.91 Å². The predicted octanol–water partition coefficient (Wildman–Crippen LogP) is 0.741. The molecule has 0 fully saturated rings. The molecule has 7 heteroatoms. The zero-order chi connectivity index (χ0) is 13.8. The first-order chi connectivity index (χ1) is 9.13. The van der Waals surface area contributed by atoms with Gasteiger partial charge in [0.2, 0.25) is 5.91 Å². The van der Waals surface area contributed by atoms with Gasteiger partial charge in [-0.25, -0.2) is 15.0 Å². The van der Waals surface area contributed by atoms with Crippen LogP contribution in [0.4, 0.5) is 0 Å². The summed E-state index contributed by atoms with van der Waals surface area (Å²) in [5, 5.41) is 4.11. The summed E-state index contributed by atoms with van der Waals surface area (Å²) in [6, 6.07) is 0. The van der Waals surface area contributed by atoms with Gasteiger partial charge in [-0.15, -0.1) is 0 Å². The van der Waals surface area contributed by atoms with Crippen LogP contribution in [0.25, 0.3) is 5.78 Å². The summed E-state index contributed by atoms with van der Waals surface area (Å²) in [5.41, 5.74) is 5.24. The lowest BCUT2D eigenvalue weighted by atomic mass is 10.1. The van der Waals surface area contributed by atoms with E-state index in [4.69, 9.17) is 4.84 Å². The molecule has 19 heavy (non-hydrogen) atoms. The van der Waals surface area contributed by atoms with Gasteiger partial charge in [-0.2, -0.15) is 10.1 Å². The molecular formula is C12H17N5O2. The van der Waals surface area contributed by atoms with E-state index in [0.717, 1.165) is 17.0 Å². The van der Waals surface area contributed by atoms with Gasteiger partial charge in [-0.3, -0.25) is 9.63 Å². The molecule has 0 spiro atoms. The van der Waals surface area contributed by atoms with Crippen molar-refractivity contribution in [2.24, 2.45) is 0 Å². The van der Waals surface area contributed by atoms with Crippen molar-refractivity contribution in [2.75, 3.05) is 6.61 Å². The fraction of sp³-hybridized carbons (Fsp3) is 0.500. The molecule has 2 aromatic heterocycles. The Morgan fingerprint density at radius 3 is 3.00 bits per heavy atom. The number of carbonyl (C=O) groups is 1. The van der Waals surface area contributed by atoms with E-state index in [1.165, 1.54) is 6.33 Å². The summed E-state index contributed by atoms with van der Waals surface area (Å²) in [5.74, 6) is 0.442. The third kappa shape index (κ3) is 2.87. The van der Waals surface area contributed by atoms with Gasteiger partial charge >= 0.3 is 0 Å². The highest BCUT2D eigenvalue weighted by atomic mass is 16.6. The molecule has 0 aliphatic heterocycles. The van der Waals surface area contributed by atoms with Crippen molar-refractivity contribution in [3.05, 3.63) is 23.3 Å². The van der Waals surface area contributed by atoms with Gasteiger partial charge in [0.15, 0.2) is 0 Å². The predicted molar refractivity (Wildman–Crippen MR) is 68.3 cm³/mol. The molecule has 0 saturated carbocycles. The molecule has 0 aliphatic carbocycles. The lowest BCUT2D eigenvalue weighted by Gasteiger charge is -2.10. The summed E-state index contributed by atoms with van der Waals surface area (Å²) in [6.07, 6.45) is 2.42. The van der Waals surface area contributed by atoms with Crippen molar-refractivity contribution < 1.29 is 9.63 Å². The van der Waals surface area contributed by atoms with Crippen molar-refractivity contribution in [1.29, 1.82) is 0 Å². The zero-order valence-corrected chi connectivity index (χ0v) is 11.3. The second kappa shape index (κ2) is 5.75. The minimum Gasteiger partial charge on any atom is -0.274 e. The Morgan fingerprint density at radius 2 is 2.26 bits per heavy atom. The SMILES string of the molecule is CCONC(=O)CCc1c(C)nc2ncnn2c1C. The number of nitrogens with zero attached hydrogens (tertiary/aromatic N) is 4. The second-order valence-corrected chi connectivity index (χ2v) is 4.19. The molecule has 0 bridgehead atoms. The van der Waals surface area contributed by atoms with Crippen molar-refractivity contribution in [2.45, 2.75) is 33.6 Å². The third-order valence-electron chi connectivity index (χ3n) is 2.92. The molecule has 2 rings (SSSR count). The van der Waals surface area contributed by atoms with Gasteiger partial charge in [-0.1, -0.05) is 0 Å². The standard InChI is InChI=1S/C12H17N5O2/c1-4-19-16-11(18)6-5-10-8(2)15-12-13-7-14-17(12)9(10)3/h7H,4-6H2,1-3H3,(H,16,18). The number of amides is 1. The third-order valence-corrected chi connectivity index (χ3v) is 2.92. The average Bonchev–Trinajstić information content (AvgIpc) is 2.84. The fourth-order valence-electron chi connectivity index (χ4n) is 1.96. The number of hydrogen-bond donors (Lipinski definition) is 1. The van der Waals surface area contributed by atoms with E-state index in [2.05, 4.69) is 20.5 Å². The molecular weight excluding hydrogens is 246 g/mol. The van der Waals surface area contributed by atoms with Crippen LogP contribution in [0.1, 0.15) is 30.3 Å². The van der Waals surface area contributed by atoms with Crippen molar-refractivity contribution in [1.82, 2.24) is 25.1 Å². The van der Waals surface area contributed by atoms with Crippen molar-refractivity contribution >= 4 is 11.7 Å². The lowest BCUT2D eigenvalue weighted by molar-refractivity contribution is -0.133. The molecule has 2 aromatic rings. The molecule has 0 atom stereocenters. The Morgan fingerprint density at radius 1 is 1.47 bits per heavy atom. The zero-order valence-electron chi connectivity index (χ0n) is 11.3. The number of carbonyl (C=O) groups excluding carboxylic acids is 1. The number of aryl methyl sites for hydroxylation is 2. The normalized spacial score (nSPS) is 10.9. The lowest BCUT2D eigenvalue weighted by Crippen LogP contribution is -2.24. The molecule has 2 heterocycles. The molecule has 0 aromatic carbocycles. The van der Waals surface area contributed by atoms with Gasteiger partial charge in [0.1, 0.15) is 6.33 Å². The van der Waals surface area contributed by atoms with Gasteiger partial charge in [0, 0.05) is 17.8 Å². The molecule has 102 valence electrons. The minimum atomic E-state index is -0.140. The maximum atomic E-state index is 11.5. The summed E-state index contributed by atoms with van der Waals surface area (Å²) >= 11 is 0. The first kappa shape index (κ1) is 13.4. The number of rotatable bonds is 5. The van der Waals surface area contributed by atoms with Crippen molar-refractivity contribution in [3.8, 4) is 0 Å². The van der Waals surface area contributed by atoms with Gasteiger partial charge in [0.25, 0.3) is 5.78 Å². The molecule has 0 unspecified atom stereocenters. The maximum absolute atomic E-state index is 11.5. The summed E-state index contributed by atoms with van der Waals surface area (Å²) < 4.78 is 1.68. The Hall–Kier alpha value is -2.02. The highest BCUT2D eigenvalue weighted by Crippen LogP contribution is 2.14. The van der Waals surface area contributed by atoms with E-state index >= 15 is 0 Å². The quantitative estimate of drug-likeness (QED) is 0.805. The summed E-state index contributed by atoms with van der Waals surface area (Å²) in [6.45, 7) is 6.14. The number of hydroxylamine groups is 1. The number of fused-ring (bicyclic) bond motifs is 1. The van der Waals surface area contributed by atoms with Crippen molar-refractivity contribution in [3.63, 3.8) is 0 Å². The van der Waals surface area contributed by atoms with Crippen LogP contribution < -0.4 is 5.48 Å². The van der Waals surface area contributed by atoms with Crippen LogP contribution in [0.2, 0.25) is 0 Å². The molecule has 0 saturated heterocycles. The minimum absolute atomic E-state index is 0.140. The van der Waals surface area contributed by atoms with Crippen LogP contribution in [0.5, 0.6) is 0 Å². The number of hydrogen-bond acceptors (Lipinski definition) is 5. The first-order valence-electron chi connectivity index (χ1n) is 6.20. The van der Waals surface area contributed by atoms with Crippen LogP contribution in [-0.2, 0) is 16.1 Å². The maximum Gasteiger partial charge on any atom is 0.252 e. The molecule has 0 radical (unpaired) electrons. The molecule has 0 aliphatic rings. The molecule has 1 amide bonds. The largest absolute Gasteiger partial charge is 0.274 e. The van der Waals surface area contributed by atoms with Gasteiger partial charge in [-0.05, 0) is 32.8 Å². The second-order valence-electron chi connectivity index (χ2n) is 4.19. The first-order valence-corrected chi connectivity index (χ1v) is 6.20. The highest BCUT2D eigenvalue weighted by Gasteiger charge is 2.12. The van der Waals surface area contributed by atoms with Gasteiger partial charge < -0.3 is 0 Å². The average molecular weight is 263 g/mol. The topological polar surface area (TPSA) is 81.4 Å². The fourth-order valence-corrected chi connectivity index (χ4v) is 1.96. The number of aromatic nitrogens is 4. The van der Waals surface area contributed by atoms with Crippen LogP contribution in [-0.4, -0.2) is 32.1 Å². The number of nitrogens with one attached hydrogen (secondary N) is 1. The van der Waals surface area contributed by atoms with Crippen LogP contribution >= 0.6 is 0 Å². The molecule has 7 nitrogen and oxygen atoms in total. The summed E-state index contributed by atoms with van der Waals surface area (Å²) in [7, 11) is 0. The summed E-state index contributed by atoms with van der Waals surface area (Å²) in [4.78, 5) is 24.8. The van der Waals surface area contributed by atoms with E-state index in [0.29, 0.717) is 25.2 Å². The van der Waals surface area contributed by atoms with E-state index < -0.39 is 0 Å². The van der Waals surface area contributed by atoms with Crippen LogP contribution in [0.3, 0.4) is 0 Å².